The molecular formula is C15H15Cl2N3O2. The highest BCUT2D eigenvalue weighted by atomic mass is 35.5. The molecule has 1 aromatic heterocycles. The number of hydrogen-bond acceptors (Lipinski definition) is 3. The summed E-state index contributed by atoms with van der Waals surface area (Å²) in [6.07, 6.45) is 2.08. The number of nitrogens with one attached hydrogen (secondary N) is 1. The summed E-state index contributed by atoms with van der Waals surface area (Å²) in [7, 11) is 1.55. The Morgan fingerprint density at radius 1 is 1.41 bits per heavy atom. The number of ether oxygens (including phenoxy) is 1. The van der Waals surface area contributed by atoms with Crippen LogP contribution in [-0.4, -0.2) is 22.8 Å². The van der Waals surface area contributed by atoms with E-state index in [0.717, 1.165) is 16.9 Å². The van der Waals surface area contributed by atoms with Crippen LogP contribution in [0.15, 0.2) is 18.3 Å². The predicted octanol–water partition coefficient (Wildman–Crippen LogP) is 3.69. The summed E-state index contributed by atoms with van der Waals surface area (Å²) in [6.45, 7) is 2.65. The maximum Gasteiger partial charge on any atom is 0.226 e. The van der Waals surface area contributed by atoms with Crippen molar-refractivity contribution < 1.29 is 9.53 Å². The first-order valence-electron chi connectivity index (χ1n) is 6.93. The second kappa shape index (κ2) is 5.82. The van der Waals surface area contributed by atoms with Crippen molar-refractivity contribution in [2.24, 2.45) is 0 Å². The lowest BCUT2D eigenvalue weighted by atomic mass is 9.87. The predicted molar refractivity (Wildman–Crippen MR) is 86.0 cm³/mol. The highest BCUT2D eigenvalue weighted by molar-refractivity contribution is 6.35. The van der Waals surface area contributed by atoms with Gasteiger partial charge in [-0.2, -0.15) is 5.10 Å². The van der Waals surface area contributed by atoms with Crippen molar-refractivity contribution in [2.75, 3.05) is 12.4 Å². The molecule has 5 nitrogen and oxygen atoms in total. The third-order valence-corrected chi connectivity index (χ3v) is 4.31. The van der Waals surface area contributed by atoms with Crippen LogP contribution in [0.25, 0.3) is 0 Å². The van der Waals surface area contributed by atoms with Crippen LogP contribution < -0.4 is 10.1 Å². The average molecular weight is 340 g/mol. The molecule has 0 radical (unpaired) electrons. The van der Waals surface area contributed by atoms with Crippen LogP contribution >= 0.6 is 23.2 Å². The zero-order valence-electron chi connectivity index (χ0n) is 12.2. The summed E-state index contributed by atoms with van der Waals surface area (Å²) in [5.41, 5.74) is 1.74. The van der Waals surface area contributed by atoms with Gasteiger partial charge in [0.05, 0.1) is 18.3 Å². The van der Waals surface area contributed by atoms with E-state index in [-0.39, 0.29) is 11.8 Å². The molecule has 1 atom stereocenters. The summed E-state index contributed by atoms with van der Waals surface area (Å²) in [6, 6.07) is 3.42. The highest BCUT2D eigenvalue weighted by Crippen LogP contribution is 2.44. The summed E-state index contributed by atoms with van der Waals surface area (Å²) in [4.78, 5) is 12.1. The van der Waals surface area contributed by atoms with Gasteiger partial charge < -0.3 is 10.1 Å². The Morgan fingerprint density at radius 2 is 2.18 bits per heavy atom. The number of halogens is 2. The topological polar surface area (TPSA) is 56.2 Å². The molecule has 1 N–H and O–H groups in total. The third-order valence-electron chi connectivity index (χ3n) is 3.81. The summed E-state index contributed by atoms with van der Waals surface area (Å²) >= 11 is 12.4. The number of aryl methyl sites for hydroxylation is 1. The van der Waals surface area contributed by atoms with Crippen molar-refractivity contribution in [1.29, 1.82) is 0 Å². The molecule has 2 aromatic rings. The molecule has 1 unspecified atom stereocenters. The Hall–Kier alpha value is -1.72. The molecule has 0 aliphatic carbocycles. The lowest BCUT2D eigenvalue weighted by molar-refractivity contribution is -0.116. The molecular weight excluding hydrogens is 325 g/mol. The Labute approximate surface area is 138 Å². The fourth-order valence-electron chi connectivity index (χ4n) is 2.84. The number of aromatic nitrogens is 2. The van der Waals surface area contributed by atoms with E-state index < -0.39 is 0 Å². The Morgan fingerprint density at radius 3 is 2.86 bits per heavy atom. The smallest absolute Gasteiger partial charge is 0.226 e. The van der Waals surface area contributed by atoms with E-state index in [2.05, 4.69) is 10.4 Å². The second-order valence-electron chi connectivity index (χ2n) is 5.08. The number of hydrogen-bond donors (Lipinski definition) is 1. The van der Waals surface area contributed by atoms with E-state index in [1.807, 2.05) is 6.92 Å². The van der Waals surface area contributed by atoms with Gasteiger partial charge in [0.1, 0.15) is 11.6 Å². The standard InChI is InChI=1S/C15H15Cl2N3O2/c1-3-20-15-11(7-18-20)9(6-13(21)19-15)10-4-8(16)5-12(17)14(10)22-2/h4-5,7,9H,3,6H2,1-2H3,(H,19,21). The SMILES string of the molecule is CCn1ncc2c1NC(=O)CC2c1cc(Cl)cc(Cl)c1OC. The van der Waals surface area contributed by atoms with Gasteiger partial charge in [-0.1, -0.05) is 23.2 Å². The van der Waals surface area contributed by atoms with Crippen molar-refractivity contribution in [3.8, 4) is 5.75 Å². The van der Waals surface area contributed by atoms with Crippen molar-refractivity contribution in [1.82, 2.24) is 9.78 Å². The molecule has 1 aliphatic heterocycles. The quantitative estimate of drug-likeness (QED) is 0.927. The largest absolute Gasteiger partial charge is 0.495 e. The van der Waals surface area contributed by atoms with Gasteiger partial charge >= 0.3 is 0 Å². The molecule has 1 aromatic carbocycles. The van der Waals surface area contributed by atoms with Gasteiger partial charge in [0.25, 0.3) is 0 Å². The van der Waals surface area contributed by atoms with E-state index in [1.54, 1.807) is 30.1 Å². The summed E-state index contributed by atoms with van der Waals surface area (Å²) in [5, 5.41) is 8.14. The number of fused-ring (bicyclic) bond motifs is 1. The second-order valence-corrected chi connectivity index (χ2v) is 5.92. The Kier molecular flexibility index (Phi) is 4.02. The molecule has 116 valence electrons. The number of methoxy groups -OCH3 is 1. The fraction of sp³-hybridized carbons (Fsp3) is 0.333. The number of rotatable bonds is 3. The van der Waals surface area contributed by atoms with Gasteiger partial charge in [0.2, 0.25) is 5.91 Å². The van der Waals surface area contributed by atoms with Crippen LogP contribution in [0, 0.1) is 0 Å². The first-order valence-corrected chi connectivity index (χ1v) is 7.69. The van der Waals surface area contributed by atoms with E-state index in [1.165, 1.54) is 0 Å². The van der Waals surface area contributed by atoms with Gasteiger partial charge in [-0.25, -0.2) is 4.68 Å². The van der Waals surface area contributed by atoms with Gasteiger partial charge in [-0.15, -0.1) is 0 Å². The summed E-state index contributed by atoms with van der Waals surface area (Å²) in [5.74, 6) is 1.02. The molecule has 0 bridgehead atoms. The van der Waals surface area contributed by atoms with Crippen LogP contribution in [0.1, 0.15) is 30.4 Å². The van der Waals surface area contributed by atoms with E-state index in [9.17, 15) is 4.79 Å². The monoisotopic (exact) mass is 339 g/mol. The van der Waals surface area contributed by atoms with E-state index in [0.29, 0.717) is 28.8 Å². The highest BCUT2D eigenvalue weighted by Gasteiger charge is 2.32. The lowest BCUT2D eigenvalue weighted by Crippen LogP contribution is -2.25. The summed E-state index contributed by atoms with van der Waals surface area (Å²) < 4.78 is 7.18. The van der Waals surface area contributed by atoms with Gasteiger partial charge in [-0.05, 0) is 19.1 Å². The van der Waals surface area contributed by atoms with Gasteiger partial charge in [0, 0.05) is 35.0 Å². The first-order chi connectivity index (χ1) is 10.5. The van der Waals surface area contributed by atoms with Crippen molar-refractivity contribution in [3.05, 3.63) is 39.5 Å². The fourth-order valence-corrected chi connectivity index (χ4v) is 3.43. The number of anilines is 1. The van der Waals surface area contributed by atoms with Crippen molar-refractivity contribution >= 4 is 34.9 Å². The minimum Gasteiger partial charge on any atom is -0.495 e. The van der Waals surface area contributed by atoms with Crippen LogP contribution in [0.5, 0.6) is 5.75 Å². The Bertz CT molecular complexity index is 743. The molecule has 1 amide bonds. The minimum absolute atomic E-state index is 0.0640. The molecule has 22 heavy (non-hydrogen) atoms. The van der Waals surface area contributed by atoms with Gasteiger partial charge in [0.15, 0.2) is 0 Å². The molecule has 0 saturated heterocycles. The minimum atomic E-state index is -0.185. The van der Waals surface area contributed by atoms with Gasteiger partial charge in [-0.3, -0.25) is 4.79 Å². The van der Waals surface area contributed by atoms with E-state index >= 15 is 0 Å². The number of carbonyl (C=O) groups is 1. The zero-order chi connectivity index (χ0) is 15.9. The molecule has 0 saturated carbocycles. The first kappa shape index (κ1) is 15.2. The maximum absolute atomic E-state index is 12.1. The number of amides is 1. The van der Waals surface area contributed by atoms with Crippen molar-refractivity contribution in [2.45, 2.75) is 25.8 Å². The third kappa shape index (κ3) is 2.44. The van der Waals surface area contributed by atoms with Crippen LogP contribution in [0.2, 0.25) is 10.0 Å². The molecule has 0 fully saturated rings. The Balaban J connectivity index is 2.18. The maximum atomic E-state index is 12.1. The molecule has 3 rings (SSSR count). The number of nitrogens with zero attached hydrogens (tertiary/aromatic N) is 2. The molecule has 2 heterocycles. The molecule has 0 spiro atoms. The van der Waals surface area contributed by atoms with Crippen LogP contribution in [-0.2, 0) is 11.3 Å². The lowest BCUT2D eigenvalue weighted by Gasteiger charge is -2.25. The van der Waals surface area contributed by atoms with Crippen LogP contribution in [0.4, 0.5) is 5.82 Å². The number of benzene rings is 1. The van der Waals surface area contributed by atoms with E-state index in [4.69, 9.17) is 27.9 Å². The molecule has 7 heteroatoms. The molecule has 1 aliphatic rings. The zero-order valence-corrected chi connectivity index (χ0v) is 13.7. The number of carbonyl (C=O) groups excluding carboxylic acids is 1. The van der Waals surface area contributed by atoms with Crippen LogP contribution in [0.3, 0.4) is 0 Å². The normalized spacial score (nSPS) is 17.1. The average Bonchev–Trinajstić information content (AvgIpc) is 2.88. The van der Waals surface area contributed by atoms with Crippen molar-refractivity contribution in [3.63, 3.8) is 0 Å².